The van der Waals surface area contributed by atoms with Crippen molar-refractivity contribution in [1.82, 2.24) is 9.55 Å². The molecular formula is C17H12N4O4. The van der Waals surface area contributed by atoms with Gasteiger partial charge in [-0.1, -0.05) is 0 Å². The van der Waals surface area contributed by atoms with Gasteiger partial charge in [-0.2, -0.15) is 5.26 Å². The van der Waals surface area contributed by atoms with Crippen molar-refractivity contribution in [2.24, 2.45) is 4.99 Å². The van der Waals surface area contributed by atoms with E-state index in [4.69, 9.17) is 9.68 Å². The lowest BCUT2D eigenvalue weighted by molar-refractivity contribution is 0.392. The van der Waals surface area contributed by atoms with Crippen LogP contribution in [0.2, 0.25) is 0 Å². The van der Waals surface area contributed by atoms with Crippen molar-refractivity contribution < 1.29 is 9.52 Å². The van der Waals surface area contributed by atoms with Crippen LogP contribution in [0.1, 0.15) is 16.9 Å². The van der Waals surface area contributed by atoms with Gasteiger partial charge in [0.1, 0.15) is 11.3 Å². The molecule has 0 atom stereocenters. The summed E-state index contributed by atoms with van der Waals surface area (Å²) in [6.45, 7) is -0.0356. The number of hydrogen-bond acceptors (Lipinski definition) is 6. The highest BCUT2D eigenvalue weighted by Gasteiger charge is 2.13. The maximum atomic E-state index is 12.0. The van der Waals surface area contributed by atoms with Gasteiger partial charge in [0.25, 0.3) is 5.56 Å². The normalized spacial score (nSPS) is 10.8. The van der Waals surface area contributed by atoms with Crippen molar-refractivity contribution in [2.45, 2.75) is 6.54 Å². The van der Waals surface area contributed by atoms with Crippen molar-refractivity contribution in [3.05, 3.63) is 80.4 Å². The third kappa shape index (κ3) is 3.40. The van der Waals surface area contributed by atoms with Crippen LogP contribution in [0.5, 0.6) is 5.88 Å². The molecule has 0 radical (unpaired) electrons. The predicted molar refractivity (Wildman–Crippen MR) is 89.2 cm³/mol. The van der Waals surface area contributed by atoms with Crippen LogP contribution in [0.15, 0.2) is 61.7 Å². The highest BCUT2D eigenvalue weighted by Crippen LogP contribution is 2.15. The van der Waals surface area contributed by atoms with Crippen LogP contribution < -0.4 is 11.2 Å². The second-order valence-electron chi connectivity index (χ2n) is 5.08. The summed E-state index contributed by atoms with van der Waals surface area (Å²) in [5.74, 6) is -0.0676. The standard InChI is InChI=1S/C17H12N4O4/c18-8-11-3-5-12(6-4-11)19-9-14-15(22)20-17(24)21(16(14)23)10-13-2-1-7-25-13/h1-7,9,23H,10H2,(H,20,22,24). The molecule has 1 aromatic carbocycles. The molecule has 0 amide bonds. The summed E-state index contributed by atoms with van der Waals surface area (Å²) in [6.07, 6.45) is 2.60. The number of hydrogen-bond donors (Lipinski definition) is 2. The predicted octanol–water partition coefficient (Wildman–Crippen LogP) is 1.51. The van der Waals surface area contributed by atoms with Crippen LogP contribution in [-0.2, 0) is 6.54 Å². The Labute approximate surface area is 140 Å². The lowest BCUT2D eigenvalue weighted by Gasteiger charge is -2.07. The van der Waals surface area contributed by atoms with E-state index >= 15 is 0 Å². The van der Waals surface area contributed by atoms with Gasteiger partial charge in [0.15, 0.2) is 0 Å². The first-order valence-electron chi connectivity index (χ1n) is 7.21. The van der Waals surface area contributed by atoms with Gasteiger partial charge in [0.2, 0.25) is 5.88 Å². The van der Waals surface area contributed by atoms with Gasteiger partial charge in [-0.15, -0.1) is 0 Å². The zero-order valence-corrected chi connectivity index (χ0v) is 12.8. The molecule has 0 fully saturated rings. The first kappa shape index (κ1) is 16.0. The highest BCUT2D eigenvalue weighted by molar-refractivity contribution is 5.84. The van der Waals surface area contributed by atoms with Gasteiger partial charge in [0.05, 0.1) is 30.1 Å². The minimum Gasteiger partial charge on any atom is -0.494 e. The maximum Gasteiger partial charge on any atom is 0.331 e. The molecule has 3 aromatic rings. The third-order valence-electron chi connectivity index (χ3n) is 3.44. The summed E-state index contributed by atoms with van der Waals surface area (Å²) < 4.78 is 6.12. The van der Waals surface area contributed by atoms with Crippen molar-refractivity contribution in [1.29, 1.82) is 5.26 Å². The molecule has 2 N–H and O–H groups in total. The second-order valence-corrected chi connectivity index (χ2v) is 5.08. The number of aromatic hydroxyl groups is 1. The fourth-order valence-corrected chi connectivity index (χ4v) is 2.16. The van der Waals surface area contributed by atoms with E-state index in [0.29, 0.717) is 17.0 Å². The molecule has 0 aliphatic heterocycles. The molecule has 8 nitrogen and oxygen atoms in total. The van der Waals surface area contributed by atoms with Crippen LogP contribution in [0.3, 0.4) is 0 Å². The molecule has 0 aliphatic carbocycles. The van der Waals surface area contributed by atoms with Crippen LogP contribution in [0.4, 0.5) is 5.69 Å². The minimum atomic E-state index is -0.755. The Morgan fingerprint density at radius 3 is 2.68 bits per heavy atom. The van der Waals surface area contributed by atoms with Gasteiger partial charge >= 0.3 is 5.69 Å². The van der Waals surface area contributed by atoms with Crippen LogP contribution >= 0.6 is 0 Å². The van der Waals surface area contributed by atoms with E-state index in [0.717, 1.165) is 10.8 Å². The van der Waals surface area contributed by atoms with Crippen LogP contribution in [-0.4, -0.2) is 20.9 Å². The fourth-order valence-electron chi connectivity index (χ4n) is 2.16. The highest BCUT2D eigenvalue weighted by atomic mass is 16.3. The minimum absolute atomic E-state index is 0.0356. The number of H-pyrrole nitrogens is 1. The van der Waals surface area contributed by atoms with Crippen molar-refractivity contribution in [3.8, 4) is 11.9 Å². The molecule has 25 heavy (non-hydrogen) atoms. The van der Waals surface area contributed by atoms with Gasteiger partial charge in [-0.3, -0.25) is 19.3 Å². The van der Waals surface area contributed by atoms with E-state index in [1.54, 1.807) is 36.4 Å². The Balaban J connectivity index is 1.98. The van der Waals surface area contributed by atoms with E-state index in [-0.39, 0.29) is 12.1 Å². The largest absolute Gasteiger partial charge is 0.494 e. The summed E-state index contributed by atoms with van der Waals surface area (Å²) in [4.78, 5) is 30.1. The molecule has 124 valence electrons. The van der Waals surface area contributed by atoms with E-state index < -0.39 is 17.1 Å². The van der Waals surface area contributed by atoms with Gasteiger partial charge in [-0.25, -0.2) is 4.79 Å². The summed E-state index contributed by atoms with van der Waals surface area (Å²) in [7, 11) is 0. The number of aromatic amines is 1. The van der Waals surface area contributed by atoms with E-state index in [2.05, 4.69) is 9.98 Å². The fraction of sp³-hybridized carbons (Fsp3) is 0.0588. The molecule has 0 bridgehead atoms. The average molecular weight is 336 g/mol. The van der Waals surface area contributed by atoms with Gasteiger partial charge < -0.3 is 9.52 Å². The van der Waals surface area contributed by atoms with Crippen LogP contribution in [0, 0.1) is 11.3 Å². The second kappa shape index (κ2) is 6.72. The first-order valence-corrected chi connectivity index (χ1v) is 7.21. The molecule has 2 aromatic heterocycles. The molecule has 0 saturated carbocycles. The Morgan fingerprint density at radius 2 is 2.04 bits per heavy atom. The SMILES string of the molecule is N#Cc1ccc(N=Cc2c(O)n(Cc3ccco3)c(=O)[nH]c2=O)cc1. The summed E-state index contributed by atoms with van der Waals surface area (Å²) >= 11 is 0. The van der Waals surface area contributed by atoms with E-state index in [9.17, 15) is 14.7 Å². The number of aromatic nitrogens is 2. The average Bonchev–Trinajstić information content (AvgIpc) is 3.12. The third-order valence-corrected chi connectivity index (χ3v) is 3.44. The number of rotatable bonds is 4. The molecule has 0 unspecified atom stereocenters. The zero-order chi connectivity index (χ0) is 17.8. The Hall–Kier alpha value is -3.86. The molecule has 0 saturated heterocycles. The topological polar surface area (TPSA) is 124 Å². The Kier molecular flexibility index (Phi) is 4.30. The molecule has 8 heteroatoms. The number of benzene rings is 1. The number of nitrogens with one attached hydrogen (secondary N) is 1. The molecular weight excluding hydrogens is 324 g/mol. The molecule has 0 aliphatic rings. The lowest BCUT2D eigenvalue weighted by atomic mass is 10.2. The quantitative estimate of drug-likeness (QED) is 0.699. The van der Waals surface area contributed by atoms with Gasteiger partial charge in [-0.05, 0) is 36.4 Å². The van der Waals surface area contributed by atoms with Crippen LogP contribution in [0.25, 0.3) is 0 Å². The van der Waals surface area contributed by atoms with E-state index in [1.165, 1.54) is 6.26 Å². The van der Waals surface area contributed by atoms with E-state index in [1.807, 2.05) is 6.07 Å². The number of nitriles is 1. The summed E-state index contributed by atoms with van der Waals surface area (Å²) in [6, 6.07) is 11.6. The lowest BCUT2D eigenvalue weighted by Crippen LogP contribution is -2.32. The van der Waals surface area contributed by atoms with Gasteiger partial charge in [0, 0.05) is 6.21 Å². The van der Waals surface area contributed by atoms with Crippen molar-refractivity contribution >= 4 is 11.9 Å². The van der Waals surface area contributed by atoms with Crippen molar-refractivity contribution in [3.63, 3.8) is 0 Å². The molecule has 3 rings (SSSR count). The maximum absolute atomic E-state index is 12.0. The smallest absolute Gasteiger partial charge is 0.331 e. The Bertz CT molecular complexity index is 1070. The van der Waals surface area contributed by atoms with Crippen molar-refractivity contribution in [2.75, 3.05) is 0 Å². The molecule has 0 spiro atoms. The number of aliphatic imine (C=N–C) groups is 1. The zero-order valence-electron chi connectivity index (χ0n) is 12.8. The summed E-state index contributed by atoms with van der Waals surface area (Å²) in [5.41, 5.74) is -0.700. The molecule has 2 heterocycles. The Morgan fingerprint density at radius 1 is 1.28 bits per heavy atom. The monoisotopic (exact) mass is 336 g/mol. The first-order chi connectivity index (χ1) is 12.1. The summed E-state index contributed by atoms with van der Waals surface area (Å²) in [5, 5.41) is 19.0. The number of furan rings is 1. The number of nitrogens with zero attached hydrogens (tertiary/aromatic N) is 3.